The van der Waals surface area contributed by atoms with Crippen LogP contribution in [0.1, 0.15) is 89.4 Å². The SMILES string of the molecule is CC(=O)OC(CC(=O)OC1CCC(Cc2cc(-n3cc(C)c4c3CCCC4=O)ccc2C(N)=O)CC1)C[N+](C)(C)C. The fraction of sp³-hybridized carbons (Fsp3) is 0.562. The van der Waals surface area contributed by atoms with Gasteiger partial charge in [0.25, 0.3) is 0 Å². The molecular weight excluding hydrogens is 522 g/mol. The van der Waals surface area contributed by atoms with E-state index >= 15 is 0 Å². The lowest BCUT2D eigenvalue weighted by Crippen LogP contribution is -2.44. The minimum atomic E-state index is -0.524. The van der Waals surface area contributed by atoms with Crippen molar-refractivity contribution in [3.05, 3.63) is 52.3 Å². The molecule has 9 heteroatoms. The van der Waals surface area contributed by atoms with Crippen molar-refractivity contribution in [3.63, 3.8) is 0 Å². The number of ketones is 1. The van der Waals surface area contributed by atoms with Crippen LogP contribution in [0.25, 0.3) is 5.69 Å². The van der Waals surface area contributed by atoms with Crippen LogP contribution in [-0.4, -0.2) is 72.6 Å². The Labute approximate surface area is 242 Å². The van der Waals surface area contributed by atoms with Gasteiger partial charge in [0.1, 0.15) is 12.6 Å². The molecule has 41 heavy (non-hydrogen) atoms. The molecule has 1 heterocycles. The Morgan fingerprint density at radius 3 is 2.44 bits per heavy atom. The average Bonchev–Trinajstić information content (AvgIpc) is 3.21. The van der Waals surface area contributed by atoms with Crippen LogP contribution < -0.4 is 5.73 Å². The molecule has 2 N–H and O–H groups in total. The van der Waals surface area contributed by atoms with Gasteiger partial charge in [-0.05, 0) is 87.1 Å². The number of benzene rings is 1. The van der Waals surface area contributed by atoms with Gasteiger partial charge in [0, 0.05) is 42.0 Å². The third kappa shape index (κ3) is 7.85. The second-order valence-electron chi connectivity index (χ2n) is 12.7. The van der Waals surface area contributed by atoms with Crippen LogP contribution in [0.5, 0.6) is 0 Å². The predicted molar refractivity (Wildman–Crippen MR) is 155 cm³/mol. The topological polar surface area (TPSA) is 118 Å². The highest BCUT2D eigenvalue weighted by atomic mass is 16.6. The summed E-state index contributed by atoms with van der Waals surface area (Å²) >= 11 is 0. The second kappa shape index (κ2) is 12.6. The van der Waals surface area contributed by atoms with Crippen LogP contribution in [0.2, 0.25) is 0 Å². The van der Waals surface area contributed by atoms with Gasteiger partial charge >= 0.3 is 11.9 Å². The molecule has 222 valence electrons. The Kier molecular flexibility index (Phi) is 9.37. The lowest BCUT2D eigenvalue weighted by Gasteiger charge is -2.30. The Bertz CT molecular complexity index is 1310. The predicted octanol–water partition coefficient (Wildman–Crippen LogP) is 4.08. The number of rotatable bonds is 10. The van der Waals surface area contributed by atoms with Crippen molar-refractivity contribution in [1.29, 1.82) is 0 Å². The number of ether oxygens (including phenoxy) is 2. The van der Waals surface area contributed by atoms with Crippen molar-refractivity contribution < 1.29 is 33.1 Å². The number of carbonyl (C=O) groups excluding carboxylic acids is 4. The van der Waals surface area contributed by atoms with Crippen molar-refractivity contribution in [3.8, 4) is 5.69 Å². The summed E-state index contributed by atoms with van der Waals surface area (Å²) in [6.07, 6.45) is 7.54. The van der Waals surface area contributed by atoms with Gasteiger partial charge in [-0.2, -0.15) is 0 Å². The van der Waals surface area contributed by atoms with E-state index in [0.29, 0.717) is 35.4 Å². The smallest absolute Gasteiger partial charge is 0.310 e. The van der Waals surface area contributed by atoms with Gasteiger partial charge in [-0.15, -0.1) is 0 Å². The van der Waals surface area contributed by atoms with Crippen LogP contribution in [0, 0.1) is 12.8 Å². The molecule has 0 spiro atoms. The summed E-state index contributed by atoms with van der Waals surface area (Å²) in [6, 6.07) is 5.73. The minimum Gasteiger partial charge on any atom is -0.462 e. The van der Waals surface area contributed by atoms with Crippen molar-refractivity contribution in [1.82, 2.24) is 4.57 Å². The molecule has 0 bridgehead atoms. The first-order valence-corrected chi connectivity index (χ1v) is 14.6. The van der Waals surface area contributed by atoms with E-state index in [-0.39, 0.29) is 24.3 Å². The lowest BCUT2D eigenvalue weighted by atomic mass is 9.82. The van der Waals surface area contributed by atoms with Gasteiger partial charge in [0.15, 0.2) is 11.9 Å². The number of aryl methyl sites for hydroxylation is 1. The third-order valence-electron chi connectivity index (χ3n) is 8.10. The van der Waals surface area contributed by atoms with E-state index in [1.54, 1.807) is 6.07 Å². The number of quaternary nitrogens is 1. The molecule has 1 aromatic carbocycles. The normalized spacial score (nSPS) is 19.8. The van der Waals surface area contributed by atoms with E-state index < -0.39 is 18.0 Å². The van der Waals surface area contributed by atoms with Gasteiger partial charge < -0.3 is 24.3 Å². The summed E-state index contributed by atoms with van der Waals surface area (Å²) in [4.78, 5) is 49.0. The minimum absolute atomic E-state index is 0.0396. The zero-order valence-corrected chi connectivity index (χ0v) is 25.0. The highest BCUT2D eigenvalue weighted by molar-refractivity contribution is 6.00. The van der Waals surface area contributed by atoms with Crippen molar-refractivity contribution in [2.24, 2.45) is 11.7 Å². The van der Waals surface area contributed by atoms with E-state index in [0.717, 1.165) is 66.6 Å². The van der Waals surface area contributed by atoms with Gasteiger partial charge in [-0.1, -0.05) is 0 Å². The molecule has 2 aliphatic carbocycles. The van der Waals surface area contributed by atoms with Crippen LogP contribution in [0.4, 0.5) is 0 Å². The van der Waals surface area contributed by atoms with Crippen LogP contribution in [0.3, 0.4) is 0 Å². The molecule has 0 saturated heterocycles. The molecule has 1 amide bonds. The fourth-order valence-electron chi connectivity index (χ4n) is 6.40. The molecule has 1 aromatic heterocycles. The monoisotopic (exact) mass is 566 g/mol. The second-order valence-corrected chi connectivity index (χ2v) is 12.7. The fourth-order valence-corrected chi connectivity index (χ4v) is 6.40. The first kappa shape index (κ1) is 30.5. The van der Waals surface area contributed by atoms with E-state index in [4.69, 9.17) is 15.2 Å². The Hall–Kier alpha value is -3.46. The first-order valence-electron chi connectivity index (χ1n) is 14.6. The maximum atomic E-state index is 12.7. The molecule has 1 unspecified atom stereocenters. The molecular formula is C32H44N3O6+. The molecule has 2 aromatic rings. The lowest BCUT2D eigenvalue weighted by molar-refractivity contribution is -0.873. The Morgan fingerprint density at radius 2 is 1.80 bits per heavy atom. The van der Waals surface area contributed by atoms with Crippen LogP contribution in [-0.2, 0) is 31.9 Å². The van der Waals surface area contributed by atoms with Gasteiger partial charge in [0.2, 0.25) is 5.91 Å². The Morgan fingerprint density at radius 1 is 1.10 bits per heavy atom. The molecule has 0 radical (unpaired) electrons. The summed E-state index contributed by atoms with van der Waals surface area (Å²) < 4.78 is 13.8. The van der Waals surface area contributed by atoms with Crippen molar-refractivity contribution in [2.75, 3.05) is 27.7 Å². The third-order valence-corrected chi connectivity index (χ3v) is 8.10. The molecule has 0 aliphatic heterocycles. The standard InChI is InChI=1S/C32H43N3O6/c1-20-18-34(28-7-6-8-29(37)31(20)28)24-11-14-27(32(33)39)23(16-24)15-22-9-12-25(13-10-22)41-30(38)17-26(40-21(2)36)19-35(3,4)5/h11,14,16,18,22,25-26H,6-10,12-13,15,17,19H2,1-5H3,(H-,33,39)/p+1. The number of esters is 2. The van der Waals surface area contributed by atoms with Crippen molar-refractivity contribution >= 4 is 23.6 Å². The van der Waals surface area contributed by atoms with E-state index in [1.165, 1.54) is 6.92 Å². The summed E-state index contributed by atoms with van der Waals surface area (Å²) in [7, 11) is 5.95. The number of amides is 1. The summed E-state index contributed by atoms with van der Waals surface area (Å²) in [5.41, 5.74) is 11.0. The number of fused-ring (bicyclic) bond motifs is 1. The highest BCUT2D eigenvalue weighted by Gasteiger charge is 2.29. The number of nitrogens with two attached hydrogens (primary N) is 1. The number of primary amides is 1. The summed E-state index contributed by atoms with van der Waals surface area (Å²) in [5.74, 6) is -0.681. The molecule has 9 nitrogen and oxygen atoms in total. The number of aromatic nitrogens is 1. The number of likely N-dealkylation sites (N-methyl/N-ethyl adjacent to an activating group) is 1. The van der Waals surface area contributed by atoms with Gasteiger partial charge in [-0.25, -0.2) is 0 Å². The molecule has 1 atom stereocenters. The van der Waals surface area contributed by atoms with Crippen molar-refractivity contribution in [2.45, 2.75) is 83.8 Å². The van der Waals surface area contributed by atoms with E-state index in [2.05, 4.69) is 4.57 Å². The Balaban J connectivity index is 1.40. The van der Waals surface area contributed by atoms with E-state index in [9.17, 15) is 19.2 Å². The highest BCUT2D eigenvalue weighted by Crippen LogP contribution is 2.33. The first-order chi connectivity index (χ1) is 19.3. The zero-order chi connectivity index (χ0) is 29.9. The summed E-state index contributed by atoms with van der Waals surface area (Å²) in [5, 5.41) is 0. The quantitative estimate of drug-likeness (QED) is 0.342. The summed E-state index contributed by atoms with van der Waals surface area (Å²) in [6.45, 7) is 3.84. The molecule has 1 saturated carbocycles. The largest absolute Gasteiger partial charge is 0.462 e. The zero-order valence-electron chi connectivity index (χ0n) is 25.0. The maximum Gasteiger partial charge on any atom is 0.310 e. The molecule has 4 rings (SSSR count). The number of hydrogen-bond donors (Lipinski definition) is 1. The van der Waals surface area contributed by atoms with E-state index in [1.807, 2.05) is 46.4 Å². The number of hydrogen-bond acceptors (Lipinski definition) is 6. The average molecular weight is 567 g/mol. The number of carbonyl (C=O) groups is 4. The molecule has 1 fully saturated rings. The number of Topliss-reactive ketones (excluding diaryl/α,β-unsaturated/α-hetero) is 1. The van der Waals surface area contributed by atoms with Gasteiger partial charge in [-0.3, -0.25) is 19.2 Å². The molecule has 2 aliphatic rings. The maximum absolute atomic E-state index is 12.7. The van der Waals surface area contributed by atoms with Crippen LogP contribution in [0.15, 0.2) is 24.4 Å². The van der Waals surface area contributed by atoms with Crippen LogP contribution >= 0.6 is 0 Å². The number of nitrogens with zero attached hydrogens (tertiary/aromatic N) is 2. The van der Waals surface area contributed by atoms with Gasteiger partial charge in [0.05, 0.1) is 27.6 Å².